The van der Waals surface area contributed by atoms with Crippen molar-refractivity contribution >= 4 is 17.4 Å². The first-order chi connectivity index (χ1) is 18.1. The normalized spacial score (nSPS) is 14.8. The topological polar surface area (TPSA) is 63.0 Å². The highest BCUT2D eigenvalue weighted by Crippen LogP contribution is 2.27. The van der Waals surface area contributed by atoms with Gasteiger partial charge in [-0.25, -0.2) is 4.79 Å². The average Bonchev–Trinajstić information content (AvgIpc) is 3.50. The standard InChI is InChI=1S/C31H30N2O4/c1-36-31(35)30(24-8-3-2-4-9-24)33-19-17-32(18-20-33)25-15-13-23(14-16-25)22-28(34)26-10-5-6-11-27(26)29-12-7-21-37-29/h2-16,21,30H,17-20,22H2,1H3. The van der Waals surface area contributed by atoms with Crippen molar-refractivity contribution in [2.75, 3.05) is 38.2 Å². The van der Waals surface area contributed by atoms with Crippen molar-refractivity contribution in [1.29, 1.82) is 0 Å². The zero-order chi connectivity index (χ0) is 25.6. The van der Waals surface area contributed by atoms with Crippen LogP contribution in [-0.2, 0) is 16.0 Å². The van der Waals surface area contributed by atoms with Crippen molar-refractivity contribution in [3.63, 3.8) is 0 Å². The van der Waals surface area contributed by atoms with E-state index in [0.29, 0.717) is 17.7 Å². The molecule has 1 aliphatic heterocycles. The van der Waals surface area contributed by atoms with Gasteiger partial charge in [0.05, 0.1) is 13.4 Å². The smallest absolute Gasteiger partial charge is 0.327 e. The number of esters is 1. The second-order valence-electron chi connectivity index (χ2n) is 9.15. The fraction of sp³-hybridized carbons (Fsp3) is 0.226. The van der Waals surface area contributed by atoms with E-state index in [0.717, 1.165) is 48.6 Å². The fourth-order valence-electron chi connectivity index (χ4n) is 4.96. The molecule has 1 saturated heterocycles. The van der Waals surface area contributed by atoms with E-state index >= 15 is 0 Å². The van der Waals surface area contributed by atoms with Crippen LogP contribution in [0, 0.1) is 0 Å². The number of anilines is 1. The summed E-state index contributed by atoms with van der Waals surface area (Å²) in [6.07, 6.45) is 1.94. The van der Waals surface area contributed by atoms with E-state index in [-0.39, 0.29) is 11.8 Å². The van der Waals surface area contributed by atoms with Gasteiger partial charge in [0.25, 0.3) is 0 Å². The number of benzene rings is 3. The van der Waals surface area contributed by atoms with Gasteiger partial charge in [-0.3, -0.25) is 9.69 Å². The van der Waals surface area contributed by atoms with E-state index in [1.165, 1.54) is 7.11 Å². The Balaban J connectivity index is 1.22. The highest BCUT2D eigenvalue weighted by Gasteiger charge is 2.31. The quantitative estimate of drug-likeness (QED) is 0.241. The number of ether oxygens (including phenoxy) is 1. The second-order valence-corrected chi connectivity index (χ2v) is 9.15. The fourth-order valence-corrected chi connectivity index (χ4v) is 4.96. The van der Waals surface area contributed by atoms with Crippen molar-refractivity contribution in [3.8, 4) is 11.3 Å². The van der Waals surface area contributed by atoms with Crippen molar-refractivity contribution in [1.82, 2.24) is 4.90 Å². The Morgan fingerprint density at radius 3 is 2.22 bits per heavy atom. The Kier molecular flexibility index (Phi) is 7.47. The minimum absolute atomic E-state index is 0.0585. The molecule has 2 heterocycles. The molecule has 37 heavy (non-hydrogen) atoms. The highest BCUT2D eigenvalue weighted by molar-refractivity contribution is 6.02. The number of carbonyl (C=O) groups excluding carboxylic acids is 2. The van der Waals surface area contributed by atoms with Crippen molar-refractivity contribution in [2.24, 2.45) is 0 Å². The maximum atomic E-state index is 13.1. The van der Waals surface area contributed by atoms with Crippen LogP contribution < -0.4 is 4.90 Å². The van der Waals surface area contributed by atoms with E-state index in [2.05, 4.69) is 21.9 Å². The van der Waals surface area contributed by atoms with Gasteiger partial charge in [-0.1, -0.05) is 66.7 Å². The highest BCUT2D eigenvalue weighted by atomic mass is 16.5. The van der Waals surface area contributed by atoms with Crippen LogP contribution in [0.1, 0.15) is 27.5 Å². The summed E-state index contributed by atoms with van der Waals surface area (Å²) >= 11 is 0. The van der Waals surface area contributed by atoms with Crippen LogP contribution in [0.4, 0.5) is 5.69 Å². The van der Waals surface area contributed by atoms with E-state index < -0.39 is 6.04 Å². The van der Waals surface area contributed by atoms with Crippen LogP contribution >= 0.6 is 0 Å². The maximum absolute atomic E-state index is 13.1. The summed E-state index contributed by atoms with van der Waals surface area (Å²) in [5, 5.41) is 0. The maximum Gasteiger partial charge on any atom is 0.327 e. The van der Waals surface area contributed by atoms with Gasteiger partial charge in [0.1, 0.15) is 11.8 Å². The SMILES string of the molecule is COC(=O)C(c1ccccc1)N1CCN(c2ccc(CC(=O)c3ccccc3-c3ccco3)cc2)CC1. The average molecular weight is 495 g/mol. The molecule has 0 spiro atoms. The number of ketones is 1. The summed E-state index contributed by atoms with van der Waals surface area (Å²) in [6.45, 7) is 3.10. The number of rotatable bonds is 8. The van der Waals surface area contributed by atoms with Crippen LogP contribution in [0.2, 0.25) is 0 Å². The van der Waals surface area contributed by atoms with E-state index in [9.17, 15) is 9.59 Å². The monoisotopic (exact) mass is 494 g/mol. The van der Waals surface area contributed by atoms with Crippen molar-refractivity contribution in [3.05, 3.63) is 114 Å². The molecule has 4 aromatic rings. The van der Waals surface area contributed by atoms with Gasteiger partial charge >= 0.3 is 5.97 Å². The summed E-state index contributed by atoms with van der Waals surface area (Å²) < 4.78 is 10.6. The Morgan fingerprint density at radius 2 is 1.54 bits per heavy atom. The molecule has 5 rings (SSSR count). The molecule has 1 atom stereocenters. The molecular weight excluding hydrogens is 464 g/mol. The number of Topliss-reactive ketones (excluding diaryl/α,β-unsaturated/α-hetero) is 1. The first-order valence-corrected chi connectivity index (χ1v) is 12.5. The van der Waals surface area contributed by atoms with Crippen molar-refractivity contribution < 1.29 is 18.7 Å². The number of furan rings is 1. The molecule has 0 N–H and O–H groups in total. The molecular formula is C31H30N2O4. The zero-order valence-corrected chi connectivity index (χ0v) is 20.9. The number of carbonyl (C=O) groups is 2. The Bertz CT molecular complexity index is 1330. The minimum Gasteiger partial charge on any atom is -0.468 e. The van der Waals surface area contributed by atoms with E-state index in [4.69, 9.17) is 9.15 Å². The summed E-state index contributed by atoms with van der Waals surface area (Å²) in [6, 6.07) is 28.8. The third kappa shape index (κ3) is 5.49. The third-order valence-corrected chi connectivity index (χ3v) is 6.90. The lowest BCUT2D eigenvalue weighted by Crippen LogP contribution is -2.49. The first-order valence-electron chi connectivity index (χ1n) is 12.5. The number of piperazine rings is 1. The molecule has 3 aromatic carbocycles. The van der Waals surface area contributed by atoms with E-state index in [1.54, 1.807) is 6.26 Å². The molecule has 1 aliphatic rings. The molecule has 1 aromatic heterocycles. The molecule has 0 aliphatic carbocycles. The van der Waals surface area contributed by atoms with Gasteiger partial charge in [-0.15, -0.1) is 0 Å². The van der Waals surface area contributed by atoms with Gasteiger partial charge in [-0.2, -0.15) is 0 Å². The van der Waals surface area contributed by atoms with Crippen molar-refractivity contribution in [2.45, 2.75) is 12.5 Å². The summed E-state index contributed by atoms with van der Waals surface area (Å²) in [5.41, 5.74) is 4.51. The summed E-state index contributed by atoms with van der Waals surface area (Å²) in [4.78, 5) is 30.2. The minimum atomic E-state index is -0.397. The summed E-state index contributed by atoms with van der Waals surface area (Å²) in [7, 11) is 1.44. The third-order valence-electron chi connectivity index (χ3n) is 6.90. The molecule has 188 valence electrons. The molecule has 6 nitrogen and oxygen atoms in total. The summed E-state index contributed by atoms with van der Waals surface area (Å²) in [5.74, 6) is 0.519. The van der Waals surface area contributed by atoms with Crippen LogP contribution in [0.3, 0.4) is 0 Å². The molecule has 1 unspecified atom stereocenters. The van der Waals surface area contributed by atoms with Crippen LogP contribution in [0.25, 0.3) is 11.3 Å². The van der Waals surface area contributed by atoms with Crippen LogP contribution in [0.5, 0.6) is 0 Å². The van der Waals surface area contributed by atoms with Gasteiger partial charge in [0, 0.05) is 49.4 Å². The predicted molar refractivity (Wildman–Crippen MR) is 144 cm³/mol. The van der Waals surface area contributed by atoms with Gasteiger partial charge < -0.3 is 14.1 Å². The molecule has 0 bridgehead atoms. The number of hydrogen-bond donors (Lipinski definition) is 0. The predicted octanol–water partition coefficient (Wildman–Crippen LogP) is 5.41. The Hall–Kier alpha value is -4.16. The number of hydrogen-bond acceptors (Lipinski definition) is 6. The molecule has 1 fully saturated rings. The van der Waals surface area contributed by atoms with E-state index in [1.807, 2.05) is 78.9 Å². The zero-order valence-electron chi connectivity index (χ0n) is 20.9. The molecule has 0 radical (unpaired) electrons. The Morgan fingerprint density at radius 1 is 0.838 bits per heavy atom. The molecule has 0 saturated carbocycles. The van der Waals surface area contributed by atoms with Crippen LogP contribution in [-0.4, -0.2) is 49.9 Å². The lowest BCUT2D eigenvalue weighted by atomic mass is 9.97. The lowest BCUT2D eigenvalue weighted by Gasteiger charge is -2.39. The van der Waals surface area contributed by atoms with Crippen LogP contribution in [0.15, 0.2) is 102 Å². The number of nitrogens with zero attached hydrogens (tertiary/aromatic N) is 2. The Labute approximate surface area is 217 Å². The molecule has 6 heteroatoms. The van der Waals surface area contributed by atoms with Gasteiger partial charge in [-0.05, 0) is 35.4 Å². The van der Waals surface area contributed by atoms with Gasteiger partial charge in [0.2, 0.25) is 0 Å². The second kappa shape index (κ2) is 11.3. The largest absolute Gasteiger partial charge is 0.468 e. The lowest BCUT2D eigenvalue weighted by molar-refractivity contribution is -0.147. The number of methoxy groups -OCH3 is 1. The first kappa shape index (κ1) is 24.5. The molecule has 0 amide bonds. The van der Waals surface area contributed by atoms with Gasteiger partial charge in [0.15, 0.2) is 5.78 Å².